The van der Waals surface area contributed by atoms with Gasteiger partial charge in [0.2, 0.25) is 0 Å². The summed E-state index contributed by atoms with van der Waals surface area (Å²) in [5.74, 6) is -0.202. The molecule has 0 radical (unpaired) electrons. The number of amides is 3. The summed E-state index contributed by atoms with van der Waals surface area (Å²) in [4.78, 5) is 26.6. The van der Waals surface area contributed by atoms with E-state index in [2.05, 4.69) is 15.9 Å². The number of carbonyl (C=O) groups is 2. The van der Waals surface area contributed by atoms with Crippen LogP contribution in [-0.4, -0.2) is 35.8 Å². The molecule has 2 rings (SSSR count). The van der Waals surface area contributed by atoms with Crippen LogP contribution >= 0.6 is 15.9 Å². The van der Waals surface area contributed by atoms with Gasteiger partial charge in [-0.2, -0.15) is 0 Å². The van der Waals surface area contributed by atoms with Crippen molar-refractivity contribution in [2.75, 3.05) is 14.1 Å². The van der Waals surface area contributed by atoms with Crippen LogP contribution in [0, 0.1) is 0 Å². The molecule has 0 saturated carbocycles. The molecule has 1 aliphatic rings. The van der Waals surface area contributed by atoms with E-state index in [1.807, 2.05) is 24.3 Å². The second-order valence-corrected chi connectivity index (χ2v) is 5.20. The Labute approximate surface area is 108 Å². The van der Waals surface area contributed by atoms with E-state index in [0.29, 0.717) is 0 Å². The van der Waals surface area contributed by atoms with Crippen LogP contribution in [0.5, 0.6) is 0 Å². The minimum atomic E-state index is -0.910. The highest BCUT2D eigenvalue weighted by Gasteiger charge is 2.52. The number of nitrogens with zero attached hydrogens (tertiary/aromatic N) is 2. The van der Waals surface area contributed by atoms with Crippen LogP contribution < -0.4 is 0 Å². The zero-order chi connectivity index (χ0) is 12.8. The van der Waals surface area contributed by atoms with Gasteiger partial charge >= 0.3 is 6.03 Å². The first-order valence-electron chi connectivity index (χ1n) is 5.21. The number of hydrogen-bond acceptors (Lipinski definition) is 2. The van der Waals surface area contributed by atoms with E-state index in [9.17, 15) is 9.59 Å². The molecule has 1 heterocycles. The van der Waals surface area contributed by atoms with Gasteiger partial charge < -0.3 is 4.90 Å². The third-order valence-electron chi connectivity index (χ3n) is 3.37. The van der Waals surface area contributed by atoms with Crippen LogP contribution in [-0.2, 0) is 10.3 Å². The summed E-state index contributed by atoms with van der Waals surface area (Å²) in [6.45, 7) is 1.76. The van der Waals surface area contributed by atoms with Gasteiger partial charge in [0.1, 0.15) is 5.54 Å². The molecule has 1 aromatic rings. The lowest BCUT2D eigenvalue weighted by molar-refractivity contribution is -0.131. The number of benzene rings is 1. The minimum absolute atomic E-state index is 0.202. The molecule has 1 unspecified atom stereocenters. The predicted molar refractivity (Wildman–Crippen MR) is 67.4 cm³/mol. The summed E-state index contributed by atoms with van der Waals surface area (Å²) in [6.07, 6.45) is 0. The minimum Gasteiger partial charge on any atom is -0.309 e. The van der Waals surface area contributed by atoms with Crippen molar-refractivity contribution in [2.24, 2.45) is 0 Å². The van der Waals surface area contributed by atoms with Crippen LogP contribution in [0.1, 0.15) is 12.5 Å². The van der Waals surface area contributed by atoms with Crippen LogP contribution in [0.4, 0.5) is 4.79 Å². The Morgan fingerprint density at radius 3 is 2.06 bits per heavy atom. The first-order chi connectivity index (χ1) is 7.89. The van der Waals surface area contributed by atoms with Crippen LogP contribution in [0.25, 0.3) is 0 Å². The molecule has 1 atom stereocenters. The molecule has 0 spiro atoms. The number of likely N-dealkylation sites (N-methyl/N-ethyl adjacent to an activating group) is 2. The molecule has 0 aromatic heterocycles. The number of rotatable bonds is 1. The van der Waals surface area contributed by atoms with E-state index in [1.165, 1.54) is 11.9 Å². The van der Waals surface area contributed by atoms with E-state index in [4.69, 9.17) is 0 Å². The monoisotopic (exact) mass is 296 g/mol. The third kappa shape index (κ3) is 1.57. The molecular formula is C12H13BrN2O2. The summed E-state index contributed by atoms with van der Waals surface area (Å²) >= 11 is 3.35. The fourth-order valence-electron chi connectivity index (χ4n) is 2.06. The van der Waals surface area contributed by atoms with Gasteiger partial charge in [-0.05, 0) is 24.6 Å². The van der Waals surface area contributed by atoms with Crippen molar-refractivity contribution < 1.29 is 9.59 Å². The Morgan fingerprint density at radius 1 is 1.12 bits per heavy atom. The fourth-order valence-corrected chi connectivity index (χ4v) is 2.33. The van der Waals surface area contributed by atoms with Crippen LogP contribution in [0.15, 0.2) is 28.7 Å². The first kappa shape index (κ1) is 12.1. The summed E-state index contributed by atoms with van der Waals surface area (Å²) in [5, 5.41) is 0. The van der Waals surface area contributed by atoms with Gasteiger partial charge in [0.25, 0.3) is 5.91 Å². The summed E-state index contributed by atoms with van der Waals surface area (Å²) in [6, 6.07) is 7.16. The number of halogens is 1. The lowest BCUT2D eigenvalue weighted by Gasteiger charge is -2.28. The van der Waals surface area contributed by atoms with Crippen molar-refractivity contribution in [3.05, 3.63) is 34.3 Å². The van der Waals surface area contributed by atoms with Crippen molar-refractivity contribution in [1.82, 2.24) is 9.80 Å². The standard InChI is InChI=1S/C12H13BrN2O2/c1-12(8-4-6-9(13)7-5-8)10(16)14(2)11(17)15(12)3/h4-7H,1-3H3. The summed E-state index contributed by atoms with van der Waals surface area (Å²) in [5.41, 5.74) is -0.0992. The summed E-state index contributed by atoms with van der Waals surface area (Å²) in [7, 11) is 3.15. The lowest BCUT2D eigenvalue weighted by Crippen LogP contribution is -2.41. The Hall–Kier alpha value is -1.36. The maximum Gasteiger partial charge on any atom is 0.327 e. The lowest BCUT2D eigenvalue weighted by atomic mass is 9.91. The van der Waals surface area contributed by atoms with E-state index >= 15 is 0 Å². The molecule has 0 aliphatic carbocycles. The van der Waals surface area contributed by atoms with E-state index in [0.717, 1.165) is 14.9 Å². The molecule has 0 bridgehead atoms. The molecular weight excluding hydrogens is 284 g/mol. The van der Waals surface area contributed by atoms with Gasteiger partial charge in [0, 0.05) is 18.6 Å². The van der Waals surface area contributed by atoms with Crippen molar-refractivity contribution in [2.45, 2.75) is 12.5 Å². The molecule has 5 heteroatoms. The maximum absolute atomic E-state index is 12.2. The normalized spacial score (nSPS) is 24.7. The van der Waals surface area contributed by atoms with Crippen LogP contribution in [0.3, 0.4) is 0 Å². The van der Waals surface area contributed by atoms with E-state index in [-0.39, 0.29) is 11.9 Å². The predicted octanol–water partition coefficient (Wildman–Crippen LogP) is 2.19. The van der Waals surface area contributed by atoms with Crippen LogP contribution in [0.2, 0.25) is 0 Å². The highest BCUT2D eigenvalue weighted by atomic mass is 79.9. The van der Waals surface area contributed by atoms with Crippen molar-refractivity contribution >= 4 is 27.9 Å². The zero-order valence-corrected chi connectivity index (χ0v) is 11.5. The number of carbonyl (C=O) groups excluding carboxylic acids is 2. The van der Waals surface area contributed by atoms with Crippen molar-refractivity contribution in [3.8, 4) is 0 Å². The largest absolute Gasteiger partial charge is 0.327 e. The van der Waals surface area contributed by atoms with Gasteiger partial charge in [0.15, 0.2) is 0 Å². The third-order valence-corrected chi connectivity index (χ3v) is 3.90. The molecule has 3 amide bonds. The molecule has 17 heavy (non-hydrogen) atoms. The average molecular weight is 297 g/mol. The summed E-state index contributed by atoms with van der Waals surface area (Å²) < 4.78 is 0.942. The Morgan fingerprint density at radius 2 is 1.65 bits per heavy atom. The smallest absolute Gasteiger partial charge is 0.309 e. The maximum atomic E-state index is 12.2. The van der Waals surface area contributed by atoms with Gasteiger partial charge in [-0.25, -0.2) is 4.79 Å². The van der Waals surface area contributed by atoms with Crippen molar-refractivity contribution in [3.63, 3.8) is 0 Å². The van der Waals surface area contributed by atoms with E-state index in [1.54, 1.807) is 14.0 Å². The molecule has 90 valence electrons. The number of hydrogen-bond donors (Lipinski definition) is 0. The Bertz CT molecular complexity index is 486. The van der Waals surface area contributed by atoms with E-state index < -0.39 is 5.54 Å². The topological polar surface area (TPSA) is 40.6 Å². The fraction of sp³-hybridized carbons (Fsp3) is 0.333. The van der Waals surface area contributed by atoms with Gasteiger partial charge in [-0.15, -0.1) is 0 Å². The quantitative estimate of drug-likeness (QED) is 0.746. The second-order valence-electron chi connectivity index (χ2n) is 4.28. The molecule has 0 N–H and O–H groups in total. The molecule has 1 fully saturated rings. The molecule has 1 aromatic carbocycles. The van der Waals surface area contributed by atoms with Gasteiger partial charge in [-0.1, -0.05) is 28.1 Å². The SMILES string of the molecule is CN1C(=O)N(C)C(C)(c2ccc(Br)cc2)C1=O. The Kier molecular flexibility index (Phi) is 2.73. The van der Waals surface area contributed by atoms with Gasteiger partial charge in [-0.3, -0.25) is 9.69 Å². The van der Waals surface area contributed by atoms with Crippen molar-refractivity contribution in [1.29, 1.82) is 0 Å². The molecule has 4 nitrogen and oxygen atoms in total. The Balaban J connectivity index is 2.52. The zero-order valence-electron chi connectivity index (χ0n) is 9.90. The molecule has 1 aliphatic heterocycles. The molecule has 1 saturated heterocycles. The number of imide groups is 1. The highest BCUT2D eigenvalue weighted by Crippen LogP contribution is 2.35. The highest BCUT2D eigenvalue weighted by molar-refractivity contribution is 9.10. The number of urea groups is 1. The first-order valence-corrected chi connectivity index (χ1v) is 6.00. The average Bonchev–Trinajstić information content (AvgIpc) is 2.47. The second kappa shape index (κ2) is 3.84. The van der Waals surface area contributed by atoms with Gasteiger partial charge in [0.05, 0.1) is 0 Å².